The number of amides is 1. The molecule has 1 heterocycles. The van der Waals surface area contributed by atoms with E-state index in [1.807, 2.05) is 13.0 Å². The lowest BCUT2D eigenvalue weighted by molar-refractivity contribution is -0.384. The Hall–Kier alpha value is -3.02. The van der Waals surface area contributed by atoms with Gasteiger partial charge in [0.2, 0.25) is 0 Å². The van der Waals surface area contributed by atoms with Gasteiger partial charge >= 0.3 is 0 Å². The highest BCUT2D eigenvalue weighted by molar-refractivity contribution is 5.92. The molecule has 0 fully saturated rings. The third-order valence-electron chi connectivity index (χ3n) is 3.24. The normalized spacial score (nSPS) is 10.1. The molecular formula is C17H17N3O3. The van der Waals surface area contributed by atoms with Crippen molar-refractivity contribution in [3.05, 3.63) is 82.2 Å². The molecule has 0 aliphatic heterocycles. The van der Waals surface area contributed by atoms with E-state index in [1.165, 1.54) is 12.1 Å². The first-order valence-electron chi connectivity index (χ1n) is 7.08. The van der Waals surface area contributed by atoms with Gasteiger partial charge in [-0.2, -0.15) is 0 Å². The summed E-state index contributed by atoms with van der Waals surface area (Å²) in [4.78, 5) is 28.8. The number of carbonyl (C=O) groups excluding carboxylic acids is 1. The van der Waals surface area contributed by atoms with E-state index in [2.05, 4.69) is 11.6 Å². The van der Waals surface area contributed by atoms with Crippen LogP contribution in [0.15, 0.2) is 55.1 Å². The quantitative estimate of drug-likeness (QED) is 0.466. The molecule has 2 rings (SSSR count). The molecule has 0 unspecified atom stereocenters. The number of nitro groups is 1. The average Bonchev–Trinajstić information content (AvgIpc) is 2.54. The van der Waals surface area contributed by atoms with Crippen molar-refractivity contribution in [3.8, 4) is 0 Å². The Balaban J connectivity index is 2.24. The van der Waals surface area contributed by atoms with E-state index in [9.17, 15) is 14.9 Å². The maximum Gasteiger partial charge on any atom is 0.273 e. The summed E-state index contributed by atoms with van der Waals surface area (Å²) >= 11 is 0. The highest BCUT2D eigenvalue weighted by Crippen LogP contribution is 2.16. The van der Waals surface area contributed by atoms with E-state index < -0.39 is 4.92 Å². The molecule has 0 radical (unpaired) electrons. The van der Waals surface area contributed by atoms with E-state index in [1.54, 1.807) is 35.2 Å². The second-order valence-corrected chi connectivity index (χ2v) is 5.07. The van der Waals surface area contributed by atoms with E-state index in [0.717, 1.165) is 5.69 Å². The maximum absolute atomic E-state index is 12.6. The molecule has 0 saturated heterocycles. The summed E-state index contributed by atoms with van der Waals surface area (Å²) in [5, 5.41) is 10.9. The molecular weight excluding hydrogens is 294 g/mol. The molecule has 1 aromatic carbocycles. The summed E-state index contributed by atoms with van der Waals surface area (Å²) in [6.07, 6.45) is 1.62. The van der Waals surface area contributed by atoms with Gasteiger partial charge in [-0.1, -0.05) is 24.3 Å². The molecule has 0 bridgehead atoms. The number of aromatic nitrogens is 1. The number of benzene rings is 1. The summed E-state index contributed by atoms with van der Waals surface area (Å²) in [5.41, 5.74) is 1.78. The van der Waals surface area contributed by atoms with Crippen LogP contribution in [0.2, 0.25) is 0 Å². The van der Waals surface area contributed by atoms with Crippen LogP contribution in [0.1, 0.15) is 21.7 Å². The number of hydrogen-bond acceptors (Lipinski definition) is 4. The van der Waals surface area contributed by atoms with Gasteiger partial charge in [0.05, 0.1) is 4.92 Å². The number of rotatable bonds is 6. The van der Waals surface area contributed by atoms with Gasteiger partial charge in [-0.05, 0) is 24.6 Å². The van der Waals surface area contributed by atoms with Crippen molar-refractivity contribution in [2.24, 2.45) is 0 Å². The third-order valence-corrected chi connectivity index (χ3v) is 3.24. The molecule has 0 saturated carbocycles. The first-order valence-corrected chi connectivity index (χ1v) is 7.08. The Bertz CT molecular complexity index is 743. The van der Waals surface area contributed by atoms with Crippen LogP contribution in [0.5, 0.6) is 0 Å². The Kier molecular flexibility index (Phi) is 5.19. The number of nitrogens with zero attached hydrogens (tertiary/aromatic N) is 3. The molecule has 6 heteroatoms. The zero-order chi connectivity index (χ0) is 16.8. The molecule has 1 amide bonds. The third kappa shape index (κ3) is 4.23. The number of carbonyl (C=O) groups is 1. The van der Waals surface area contributed by atoms with Gasteiger partial charge in [-0.25, -0.2) is 4.98 Å². The van der Waals surface area contributed by atoms with Crippen LogP contribution in [0, 0.1) is 17.0 Å². The Morgan fingerprint density at radius 1 is 1.35 bits per heavy atom. The molecule has 0 N–H and O–H groups in total. The average molecular weight is 311 g/mol. The molecule has 1 aromatic heterocycles. The predicted molar refractivity (Wildman–Crippen MR) is 87.0 cm³/mol. The van der Waals surface area contributed by atoms with E-state index >= 15 is 0 Å². The molecule has 0 spiro atoms. The SMILES string of the molecule is C=CCN(Cc1cccc([N+](=O)[O-])c1)C(=O)c1cccc(C)n1. The largest absolute Gasteiger partial charge is 0.329 e. The van der Waals surface area contributed by atoms with Crippen LogP contribution in [0.4, 0.5) is 5.69 Å². The van der Waals surface area contributed by atoms with Crippen molar-refractivity contribution in [1.82, 2.24) is 9.88 Å². The van der Waals surface area contributed by atoms with Crippen molar-refractivity contribution in [2.75, 3.05) is 6.54 Å². The number of non-ortho nitro benzene ring substituents is 1. The molecule has 0 aliphatic carbocycles. The van der Waals surface area contributed by atoms with Crippen LogP contribution in [-0.2, 0) is 6.54 Å². The maximum atomic E-state index is 12.6. The van der Waals surface area contributed by atoms with Crippen molar-refractivity contribution in [1.29, 1.82) is 0 Å². The summed E-state index contributed by atoms with van der Waals surface area (Å²) in [7, 11) is 0. The van der Waals surface area contributed by atoms with Crippen LogP contribution < -0.4 is 0 Å². The van der Waals surface area contributed by atoms with Gasteiger partial charge in [-0.15, -0.1) is 6.58 Å². The zero-order valence-electron chi connectivity index (χ0n) is 12.8. The zero-order valence-corrected chi connectivity index (χ0v) is 12.8. The highest BCUT2D eigenvalue weighted by Gasteiger charge is 2.17. The van der Waals surface area contributed by atoms with E-state index in [-0.39, 0.29) is 18.1 Å². The Morgan fingerprint density at radius 2 is 2.09 bits per heavy atom. The molecule has 118 valence electrons. The standard InChI is InChI=1S/C17H17N3O3/c1-3-10-19(17(21)16-9-4-6-13(2)18-16)12-14-7-5-8-15(11-14)20(22)23/h3-9,11H,1,10,12H2,2H3. The minimum Gasteiger partial charge on any atom is -0.329 e. The van der Waals surface area contributed by atoms with Gasteiger partial charge in [-0.3, -0.25) is 14.9 Å². The van der Waals surface area contributed by atoms with Crippen LogP contribution in [-0.4, -0.2) is 27.3 Å². The van der Waals surface area contributed by atoms with Gasteiger partial charge < -0.3 is 4.90 Å². The molecule has 0 aliphatic rings. The topological polar surface area (TPSA) is 76.3 Å². The number of hydrogen-bond donors (Lipinski definition) is 0. The lowest BCUT2D eigenvalue weighted by atomic mass is 10.1. The lowest BCUT2D eigenvalue weighted by Gasteiger charge is -2.21. The number of pyridine rings is 1. The van der Waals surface area contributed by atoms with Gasteiger partial charge in [0.25, 0.3) is 11.6 Å². The molecule has 23 heavy (non-hydrogen) atoms. The monoisotopic (exact) mass is 311 g/mol. The number of nitro benzene ring substituents is 1. The molecule has 2 aromatic rings. The fourth-order valence-corrected chi connectivity index (χ4v) is 2.19. The fourth-order valence-electron chi connectivity index (χ4n) is 2.19. The van der Waals surface area contributed by atoms with Gasteiger partial charge in [0.15, 0.2) is 0 Å². The molecule has 0 atom stereocenters. The first kappa shape index (κ1) is 16.4. The highest BCUT2D eigenvalue weighted by atomic mass is 16.6. The second kappa shape index (κ2) is 7.31. The van der Waals surface area contributed by atoms with E-state index in [4.69, 9.17) is 0 Å². The van der Waals surface area contributed by atoms with Gasteiger partial charge in [0.1, 0.15) is 5.69 Å². The minimum atomic E-state index is -0.453. The van der Waals surface area contributed by atoms with Crippen LogP contribution in [0.3, 0.4) is 0 Å². The first-order chi connectivity index (χ1) is 11.0. The smallest absolute Gasteiger partial charge is 0.273 e. The summed E-state index contributed by atoms with van der Waals surface area (Å²) < 4.78 is 0. The molecule has 6 nitrogen and oxygen atoms in total. The number of aryl methyl sites for hydroxylation is 1. The lowest BCUT2D eigenvalue weighted by Crippen LogP contribution is -2.31. The Labute approximate surface area is 134 Å². The van der Waals surface area contributed by atoms with Crippen LogP contribution in [0.25, 0.3) is 0 Å². The van der Waals surface area contributed by atoms with Crippen LogP contribution >= 0.6 is 0 Å². The fraction of sp³-hybridized carbons (Fsp3) is 0.176. The van der Waals surface area contributed by atoms with Crippen molar-refractivity contribution < 1.29 is 9.72 Å². The van der Waals surface area contributed by atoms with Crippen molar-refractivity contribution in [3.63, 3.8) is 0 Å². The Morgan fingerprint density at radius 3 is 2.74 bits per heavy atom. The predicted octanol–water partition coefficient (Wildman–Crippen LogP) is 3.13. The second-order valence-electron chi connectivity index (χ2n) is 5.07. The van der Waals surface area contributed by atoms with Gasteiger partial charge in [0, 0.05) is 30.9 Å². The van der Waals surface area contributed by atoms with Crippen molar-refractivity contribution in [2.45, 2.75) is 13.5 Å². The van der Waals surface area contributed by atoms with E-state index in [0.29, 0.717) is 17.8 Å². The van der Waals surface area contributed by atoms with Crippen molar-refractivity contribution >= 4 is 11.6 Å². The summed E-state index contributed by atoms with van der Waals surface area (Å²) in [6.45, 7) is 6.06. The minimum absolute atomic E-state index is 0.00202. The summed E-state index contributed by atoms with van der Waals surface area (Å²) in [6, 6.07) is 11.5. The summed E-state index contributed by atoms with van der Waals surface area (Å²) in [5.74, 6) is -0.236.